The molecule has 2 unspecified atom stereocenters. The average molecular weight is 533 g/mol. The molecule has 2 aromatic carbocycles. The molecule has 180 valence electrons. The van der Waals surface area contributed by atoms with Gasteiger partial charge in [0.15, 0.2) is 0 Å². The van der Waals surface area contributed by atoms with Crippen molar-refractivity contribution in [3.8, 4) is 0 Å². The number of aliphatic hydroxyl groups excluding tert-OH is 1. The molecule has 0 aliphatic carbocycles. The Morgan fingerprint density at radius 2 is 1.82 bits per heavy atom. The molecule has 1 heterocycles. The molecule has 0 fully saturated rings. The minimum Gasteiger partial charge on any atom is -0.374 e. The van der Waals surface area contributed by atoms with Crippen LogP contribution in [0.3, 0.4) is 0 Å². The van der Waals surface area contributed by atoms with Crippen LogP contribution in [0.5, 0.6) is 0 Å². The van der Waals surface area contributed by atoms with Crippen LogP contribution in [-0.2, 0) is 10.4 Å². The molecule has 0 spiro atoms. The average Bonchev–Trinajstić information content (AvgIpc) is 3.24. The Bertz CT molecular complexity index is 1120. The molecular weight excluding hydrogens is 514 g/mol. The number of hydrogen-bond donors (Lipinski definition) is 3. The predicted molar refractivity (Wildman–Crippen MR) is 127 cm³/mol. The Kier molecular flexibility index (Phi) is 8.33. The number of nitrogens with one attached hydrogen (secondary N) is 2. The molecule has 0 radical (unpaired) electrons. The van der Waals surface area contributed by atoms with Crippen LogP contribution in [0, 0.1) is 0 Å². The van der Waals surface area contributed by atoms with E-state index in [1.54, 1.807) is 30.3 Å². The number of benzene rings is 2. The number of halogens is 6. The fourth-order valence-corrected chi connectivity index (χ4v) is 3.77. The van der Waals surface area contributed by atoms with E-state index in [-0.39, 0.29) is 32.0 Å². The molecule has 2 aromatic rings. The first-order valence-corrected chi connectivity index (χ1v) is 10.9. The monoisotopic (exact) mass is 531 g/mol. The van der Waals surface area contributed by atoms with Gasteiger partial charge in [-0.15, -0.1) is 0 Å². The van der Waals surface area contributed by atoms with E-state index in [1.165, 1.54) is 24.3 Å². The molecule has 34 heavy (non-hydrogen) atoms. The van der Waals surface area contributed by atoms with Crippen LogP contribution in [0.2, 0.25) is 10.0 Å². The van der Waals surface area contributed by atoms with Gasteiger partial charge in [-0.2, -0.15) is 13.2 Å². The highest BCUT2D eigenvalue weighted by Crippen LogP contribution is 2.49. The smallest absolute Gasteiger partial charge is 0.374 e. The molecule has 3 rings (SSSR count). The molecule has 5 nitrogen and oxygen atoms in total. The number of oxime groups is 1. The molecule has 0 aromatic heterocycles. The molecule has 2 atom stereocenters. The third-order valence-corrected chi connectivity index (χ3v) is 5.67. The minimum absolute atomic E-state index is 0.00939. The normalized spacial score (nSPS) is 19.9. The van der Waals surface area contributed by atoms with E-state index >= 15 is 0 Å². The van der Waals surface area contributed by atoms with E-state index < -0.39 is 24.4 Å². The lowest BCUT2D eigenvalue weighted by atomic mass is 9.88. The van der Waals surface area contributed by atoms with Crippen molar-refractivity contribution in [1.29, 1.82) is 0 Å². The first kappa shape index (κ1) is 26.1. The summed E-state index contributed by atoms with van der Waals surface area (Å²) in [7, 11) is 0. The number of nitrogens with zero attached hydrogens (tertiary/aromatic N) is 1. The Labute approximate surface area is 209 Å². The highest BCUT2D eigenvalue weighted by molar-refractivity contribution is 6.34. The van der Waals surface area contributed by atoms with Crippen molar-refractivity contribution in [2.45, 2.75) is 24.4 Å². The van der Waals surface area contributed by atoms with Gasteiger partial charge in [0.05, 0.1) is 16.4 Å². The number of hydrogen-bond acceptors (Lipinski definition) is 5. The van der Waals surface area contributed by atoms with Gasteiger partial charge in [0, 0.05) is 22.0 Å². The first-order valence-electron chi connectivity index (χ1n) is 9.79. The van der Waals surface area contributed by atoms with E-state index in [0.29, 0.717) is 5.56 Å². The van der Waals surface area contributed by atoms with Gasteiger partial charge in [0.25, 0.3) is 5.60 Å². The lowest BCUT2D eigenvalue weighted by Crippen LogP contribution is -2.42. The van der Waals surface area contributed by atoms with Crippen molar-refractivity contribution in [2.75, 3.05) is 0 Å². The zero-order chi connectivity index (χ0) is 24.9. The second-order valence-electron chi connectivity index (χ2n) is 7.22. The maximum absolute atomic E-state index is 14.1. The Morgan fingerprint density at radius 3 is 2.41 bits per heavy atom. The zero-order valence-corrected chi connectivity index (χ0v) is 19.7. The van der Waals surface area contributed by atoms with Crippen LogP contribution < -0.4 is 10.9 Å². The van der Waals surface area contributed by atoms with E-state index in [1.807, 2.05) is 0 Å². The maximum atomic E-state index is 14.1. The molecular formula is C23H19Cl3F3N3O2. The summed E-state index contributed by atoms with van der Waals surface area (Å²) >= 11 is 18.0. The summed E-state index contributed by atoms with van der Waals surface area (Å²) < 4.78 is 42.3. The summed E-state index contributed by atoms with van der Waals surface area (Å²) in [5.41, 5.74) is 3.16. The largest absolute Gasteiger partial charge is 0.435 e. The van der Waals surface area contributed by atoms with Crippen molar-refractivity contribution >= 4 is 40.5 Å². The van der Waals surface area contributed by atoms with Gasteiger partial charge in [-0.3, -0.25) is 0 Å². The van der Waals surface area contributed by atoms with Crippen LogP contribution in [0.25, 0.3) is 0 Å². The first-order chi connectivity index (χ1) is 16.1. The Morgan fingerprint density at radius 1 is 1.18 bits per heavy atom. The fraction of sp³-hybridized carbons (Fsp3) is 0.174. The van der Waals surface area contributed by atoms with Gasteiger partial charge < -0.3 is 15.4 Å². The van der Waals surface area contributed by atoms with Crippen LogP contribution in [0.15, 0.2) is 89.2 Å². The summed E-state index contributed by atoms with van der Waals surface area (Å²) in [4.78, 5) is 4.94. The summed E-state index contributed by atoms with van der Waals surface area (Å²) in [5, 5.41) is 14.1. The van der Waals surface area contributed by atoms with Crippen molar-refractivity contribution in [2.24, 2.45) is 5.16 Å². The molecule has 1 aliphatic heterocycles. The fourth-order valence-electron chi connectivity index (χ4n) is 3.14. The number of hydrazine groups is 1. The van der Waals surface area contributed by atoms with Gasteiger partial charge in [-0.1, -0.05) is 76.9 Å². The van der Waals surface area contributed by atoms with Crippen LogP contribution in [0.1, 0.15) is 23.8 Å². The van der Waals surface area contributed by atoms with Crippen LogP contribution >= 0.6 is 34.8 Å². The number of allylic oxidation sites excluding steroid dienone is 4. The van der Waals surface area contributed by atoms with Crippen molar-refractivity contribution in [3.63, 3.8) is 0 Å². The highest BCUT2D eigenvalue weighted by atomic mass is 35.5. The van der Waals surface area contributed by atoms with E-state index in [2.05, 4.69) is 22.6 Å². The van der Waals surface area contributed by atoms with Crippen molar-refractivity contribution < 1.29 is 23.1 Å². The van der Waals surface area contributed by atoms with Gasteiger partial charge in [0.2, 0.25) is 0 Å². The van der Waals surface area contributed by atoms with Crippen molar-refractivity contribution in [1.82, 2.24) is 10.9 Å². The van der Waals surface area contributed by atoms with Gasteiger partial charge in [-0.05, 0) is 42.0 Å². The molecule has 0 bridgehead atoms. The lowest BCUT2D eigenvalue weighted by molar-refractivity contribution is -0.275. The summed E-state index contributed by atoms with van der Waals surface area (Å²) in [6, 6.07) is 12.3. The van der Waals surface area contributed by atoms with Crippen LogP contribution in [-0.4, -0.2) is 17.0 Å². The second-order valence-corrected chi connectivity index (χ2v) is 8.50. The predicted octanol–water partition coefficient (Wildman–Crippen LogP) is 6.51. The quantitative estimate of drug-likeness (QED) is 0.206. The topological polar surface area (TPSA) is 65.9 Å². The Balaban J connectivity index is 1.79. The van der Waals surface area contributed by atoms with E-state index in [4.69, 9.17) is 39.6 Å². The highest BCUT2D eigenvalue weighted by Gasteiger charge is 2.62. The van der Waals surface area contributed by atoms with Crippen LogP contribution in [0.4, 0.5) is 13.2 Å². The summed E-state index contributed by atoms with van der Waals surface area (Å²) in [6.07, 6.45) is -2.50. The molecule has 1 aliphatic rings. The standard InChI is InChI=1S/C23H19Cl3F3N3O2/c1-2-19(26)20(30-31-21(33)14-6-4-3-5-7-14)9-8-18-13-22(34-32-18,23(27,28)29)15-10-16(24)12-17(25)11-15/h2-12,21,30-31,33H,1,13H2/b9-8+,20-19-. The zero-order valence-electron chi connectivity index (χ0n) is 17.4. The van der Waals surface area contributed by atoms with E-state index in [0.717, 1.165) is 12.1 Å². The Hall–Kier alpha value is -2.49. The third kappa shape index (κ3) is 5.95. The minimum atomic E-state index is -4.81. The van der Waals surface area contributed by atoms with Gasteiger partial charge in [-0.25, -0.2) is 5.43 Å². The van der Waals surface area contributed by atoms with Gasteiger partial charge >= 0.3 is 6.18 Å². The number of aliphatic hydroxyl groups is 1. The molecule has 3 N–H and O–H groups in total. The third-order valence-electron chi connectivity index (χ3n) is 4.87. The summed E-state index contributed by atoms with van der Waals surface area (Å²) in [6.45, 7) is 3.58. The maximum Gasteiger partial charge on any atom is 0.435 e. The summed E-state index contributed by atoms with van der Waals surface area (Å²) in [5.74, 6) is 0. The second kappa shape index (κ2) is 10.8. The van der Waals surface area contributed by atoms with E-state index in [9.17, 15) is 18.3 Å². The van der Waals surface area contributed by atoms with Gasteiger partial charge in [0.1, 0.15) is 6.23 Å². The molecule has 0 amide bonds. The molecule has 0 saturated carbocycles. The SMILES string of the molecule is C=C/C(Cl)=C(\C=C\C1=NOC(c2cc(Cl)cc(Cl)c2)(C(F)(F)F)C1)NNC(O)c1ccccc1. The van der Waals surface area contributed by atoms with Crippen molar-refractivity contribution in [3.05, 3.63) is 105 Å². The molecule has 11 heteroatoms. The lowest BCUT2D eigenvalue weighted by Gasteiger charge is -2.29. The number of rotatable bonds is 8. The number of alkyl halides is 3. The molecule has 0 saturated heterocycles.